The molecule has 0 saturated heterocycles. The minimum atomic E-state index is -1.30. The van der Waals surface area contributed by atoms with E-state index in [1.54, 1.807) is 0 Å². The van der Waals surface area contributed by atoms with Crippen molar-refractivity contribution < 1.29 is 18.0 Å². The smallest absolute Gasteiger partial charge is 0.161 e. The van der Waals surface area contributed by atoms with Crippen LogP contribution in [0.4, 0.5) is 13.2 Å². The topological polar surface area (TPSA) is 17.1 Å². The van der Waals surface area contributed by atoms with Crippen LogP contribution in [0.2, 0.25) is 0 Å². The molecule has 1 aromatic carbocycles. The lowest BCUT2D eigenvalue weighted by Gasteiger charge is -1.94. The lowest BCUT2D eigenvalue weighted by molar-refractivity contribution is 0.111. The first-order valence-corrected chi connectivity index (χ1v) is 3.75. The Morgan fingerprint density at radius 1 is 1.00 bits per heavy atom. The van der Waals surface area contributed by atoms with Gasteiger partial charge in [0.15, 0.2) is 17.9 Å². The number of rotatable bonds is 1. The van der Waals surface area contributed by atoms with Crippen molar-refractivity contribution in [2.45, 2.75) is 13.8 Å². The van der Waals surface area contributed by atoms with Crippen LogP contribution in [-0.4, -0.2) is 6.29 Å². The molecule has 0 aliphatic rings. The predicted molar refractivity (Wildman–Crippen MR) is 43.1 cm³/mol. The molecule has 0 unspecified atom stereocenters. The van der Waals surface area contributed by atoms with Gasteiger partial charge in [-0.05, 0) is 6.07 Å². The third kappa shape index (κ3) is 2.89. The Morgan fingerprint density at radius 3 is 1.92 bits per heavy atom. The van der Waals surface area contributed by atoms with Crippen molar-refractivity contribution in [2.75, 3.05) is 0 Å². The van der Waals surface area contributed by atoms with Gasteiger partial charge in [0.25, 0.3) is 0 Å². The Bertz CT molecular complexity index is 297. The summed E-state index contributed by atoms with van der Waals surface area (Å²) >= 11 is 0. The van der Waals surface area contributed by atoms with Gasteiger partial charge >= 0.3 is 0 Å². The molecule has 0 bridgehead atoms. The van der Waals surface area contributed by atoms with Gasteiger partial charge in [0, 0.05) is 6.07 Å². The number of benzene rings is 1. The molecule has 1 aromatic rings. The summed E-state index contributed by atoms with van der Waals surface area (Å²) in [6.07, 6.45) is 0.123. The molecule has 0 saturated carbocycles. The fraction of sp³-hybridized carbons (Fsp3) is 0.222. The minimum absolute atomic E-state index is 0.123. The predicted octanol–water partition coefficient (Wildman–Crippen LogP) is 2.94. The second-order valence-electron chi connectivity index (χ2n) is 1.91. The van der Waals surface area contributed by atoms with Crippen molar-refractivity contribution in [2.24, 2.45) is 0 Å². The SMILES string of the molecule is CC.O=Cc1cc(F)c(F)cc1F. The van der Waals surface area contributed by atoms with Gasteiger partial charge in [-0.25, -0.2) is 13.2 Å². The molecule has 13 heavy (non-hydrogen) atoms. The van der Waals surface area contributed by atoms with Gasteiger partial charge in [0.1, 0.15) is 5.82 Å². The van der Waals surface area contributed by atoms with Crippen molar-refractivity contribution in [3.05, 3.63) is 35.1 Å². The monoisotopic (exact) mass is 190 g/mol. The van der Waals surface area contributed by atoms with Crippen molar-refractivity contribution in [1.29, 1.82) is 0 Å². The molecule has 0 atom stereocenters. The minimum Gasteiger partial charge on any atom is -0.298 e. The van der Waals surface area contributed by atoms with Crippen LogP contribution in [0.25, 0.3) is 0 Å². The summed E-state index contributed by atoms with van der Waals surface area (Å²) in [5.74, 6) is -3.58. The van der Waals surface area contributed by atoms with Crippen LogP contribution < -0.4 is 0 Å². The summed E-state index contributed by atoms with van der Waals surface area (Å²) in [7, 11) is 0. The number of halogens is 3. The van der Waals surface area contributed by atoms with Gasteiger partial charge < -0.3 is 0 Å². The molecule has 0 spiro atoms. The average molecular weight is 190 g/mol. The highest BCUT2D eigenvalue weighted by Gasteiger charge is 2.07. The summed E-state index contributed by atoms with van der Waals surface area (Å²) in [6, 6.07) is 0.844. The van der Waals surface area contributed by atoms with E-state index in [1.807, 2.05) is 13.8 Å². The molecule has 72 valence electrons. The Labute approximate surface area is 74.2 Å². The van der Waals surface area contributed by atoms with Crippen LogP contribution in [0.15, 0.2) is 12.1 Å². The first kappa shape index (κ1) is 11.7. The van der Waals surface area contributed by atoms with E-state index in [0.29, 0.717) is 12.1 Å². The van der Waals surface area contributed by atoms with Crippen LogP contribution in [-0.2, 0) is 0 Å². The molecule has 0 aliphatic heterocycles. The van der Waals surface area contributed by atoms with E-state index in [2.05, 4.69) is 0 Å². The molecule has 0 amide bonds. The van der Waals surface area contributed by atoms with Crippen molar-refractivity contribution >= 4 is 6.29 Å². The highest BCUT2D eigenvalue weighted by molar-refractivity contribution is 5.75. The van der Waals surface area contributed by atoms with Gasteiger partial charge in [0.2, 0.25) is 0 Å². The molecule has 0 radical (unpaired) electrons. The molecular formula is C9H9F3O. The number of hydrogen-bond donors (Lipinski definition) is 0. The Kier molecular flexibility index (Phi) is 4.80. The third-order valence-electron chi connectivity index (χ3n) is 1.17. The molecule has 0 heterocycles. The number of carbonyl (C=O) groups is 1. The number of hydrogen-bond acceptors (Lipinski definition) is 1. The maximum Gasteiger partial charge on any atom is 0.161 e. The van der Waals surface area contributed by atoms with E-state index in [-0.39, 0.29) is 6.29 Å². The zero-order valence-corrected chi connectivity index (χ0v) is 7.27. The number of aldehydes is 1. The Balaban J connectivity index is 0.000000671. The van der Waals surface area contributed by atoms with Crippen molar-refractivity contribution in [3.63, 3.8) is 0 Å². The van der Waals surface area contributed by atoms with Crippen LogP contribution in [0.1, 0.15) is 24.2 Å². The molecule has 4 heteroatoms. The van der Waals surface area contributed by atoms with E-state index in [9.17, 15) is 18.0 Å². The first-order chi connectivity index (χ1) is 6.15. The van der Waals surface area contributed by atoms with E-state index in [0.717, 1.165) is 0 Å². The Hall–Kier alpha value is -1.32. The molecular weight excluding hydrogens is 181 g/mol. The molecule has 0 aliphatic carbocycles. The van der Waals surface area contributed by atoms with Gasteiger partial charge in [-0.2, -0.15) is 0 Å². The van der Waals surface area contributed by atoms with Gasteiger partial charge in [-0.3, -0.25) is 4.79 Å². The molecule has 0 fully saturated rings. The van der Waals surface area contributed by atoms with Crippen LogP contribution >= 0.6 is 0 Å². The summed E-state index contributed by atoms with van der Waals surface area (Å²) in [5.41, 5.74) is -0.482. The maximum absolute atomic E-state index is 12.4. The van der Waals surface area contributed by atoms with Crippen molar-refractivity contribution in [3.8, 4) is 0 Å². The molecule has 1 nitrogen and oxygen atoms in total. The summed E-state index contributed by atoms with van der Waals surface area (Å²) in [5, 5.41) is 0. The quantitative estimate of drug-likeness (QED) is 0.491. The number of carbonyl (C=O) groups excluding carboxylic acids is 1. The van der Waals surface area contributed by atoms with Gasteiger partial charge in [-0.15, -0.1) is 0 Å². The Morgan fingerprint density at radius 2 is 1.46 bits per heavy atom. The van der Waals surface area contributed by atoms with Crippen molar-refractivity contribution in [1.82, 2.24) is 0 Å². The highest BCUT2D eigenvalue weighted by atomic mass is 19.2. The standard InChI is InChI=1S/C7H3F3O.C2H6/c8-5-2-7(10)6(9)1-4(5)3-11;1-2/h1-3H;1-2H3. The molecule has 1 rings (SSSR count). The van der Waals surface area contributed by atoms with Gasteiger partial charge in [0.05, 0.1) is 5.56 Å². The highest BCUT2D eigenvalue weighted by Crippen LogP contribution is 2.11. The molecule has 0 aromatic heterocycles. The molecule has 0 N–H and O–H groups in total. The van der Waals surface area contributed by atoms with E-state index in [4.69, 9.17) is 0 Å². The largest absolute Gasteiger partial charge is 0.298 e. The lowest BCUT2D eigenvalue weighted by Crippen LogP contribution is -1.92. The second kappa shape index (κ2) is 5.35. The lowest BCUT2D eigenvalue weighted by atomic mass is 10.2. The third-order valence-corrected chi connectivity index (χ3v) is 1.17. The summed E-state index contributed by atoms with van der Waals surface area (Å²) in [4.78, 5) is 9.96. The summed E-state index contributed by atoms with van der Waals surface area (Å²) in [6.45, 7) is 4.00. The van der Waals surface area contributed by atoms with Crippen LogP contribution in [0.5, 0.6) is 0 Å². The van der Waals surface area contributed by atoms with Crippen LogP contribution in [0, 0.1) is 17.5 Å². The fourth-order valence-corrected chi connectivity index (χ4v) is 0.628. The second-order valence-corrected chi connectivity index (χ2v) is 1.91. The van der Waals surface area contributed by atoms with E-state index < -0.39 is 23.0 Å². The zero-order chi connectivity index (χ0) is 10.4. The maximum atomic E-state index is 12.4. The van der Waals surface area contributed by atoms with E-state index in [1.165, 1.54) is 0 Å². The zero-order valence-electron chi connectivity index (χ0n) is 7.27. The normalized spacial score (nSPS) is 8.69. The summed E-state index contributed by atoms with van der Waals surface area (Å²) < 4.78 is 36.8. The average Bonchev–Trinajstić information content (AvgIpc) is 2.15. The van der Waals surface area contributed by atoms with Crippen LogP contribution in [0.3, 0.4) is 0 Å². The first-order valence-electron chi connectivity index (χ1n) is 3.75. The fourth-order valence-electron chi connectivity index (χ4n) is 0.628. The van der Waals surface area contributed by atoms with E-state index >= 15 is 0 Å². The van der Waals surface area contributed by atoms with Gasteiger partial charge in [-0.1, -0.05) is 13.8 Å².